The Morgan fingerprint density at radius 1 is 1.44 bits per heavy atom. The first-order chi connectivity index (χ1) is 8.38. The van der Waals surface area contributed by atoms with Gasteiger partial charge in [-0.25, -0.2) is 0 Å². The second-order valence-corrected chi connectivity index (χ2v) is 5.20. The third-order valence-electron chi connectivity index (χ3n) is 2.97. The van der Waals surface area contributed by atoms with Crippen LogP contribution in [-0.2, 0) is 0 Å². The van der Waals surface area contributed by atoms with Crippen LogP contribution in [0.1, 0.15) is 37.0 Å². The lowest BCUT2D eigenvalue weighted by Gasteiger charge is -2.25. The van der Waals surface area contributed by atoms with E-state index in [2.05, 4.69) is 6.92 Å². The van der Waals surface area contributed by atoms with Crippen molar-refractivity contribution in [1.29, 1.82) is 0 Å². The molecular weight excluding hydrogens is 271 g/mol. The zero-order valence-electron chi connectivity index (χ0n) is 10.8. The fraction of sp³-hybridized carbons (Fsp3) is 0.462. The van der Waals surface area contributed by atoms with Crippen LogP contribution in [0.3, 0.4) is 0 Å². The standard InChI is InChI=1S/C13H18Cl2N2O/c1-4-5-8(2)17(3)13(18)10-6-9(16)7-11(14)12(10)15/h6-8H,4-5,16H2,1-3H3. The smallest absolute Gasteiger partial charge is 0.255 e. The number of nitrogens with two attached hydrogens (primary N) is 1. The largest absolute Gasteiger partial charge is 0.399 e. The number of rotatable bonds is 4. The number of anilines is 1. The van der Waals surface area contributed by atoms with Gasteiger partial charge in [-0.3, -0.25) is 4.79 Å². The highest BCUT2D eigenvalue weighted by Crippen LogP contribution is 2.29. The Balaban J connectivity index is 3.04. The zero-order valence-corrected chi connectivity index (χ0v) is 12.3. The molecule has 0 spiro atoms. The number of hydrogen-bond donors (Lipinski definition) is 1. The molecule has 18 heavy (non-hydrogen) atoms. The van der Waals surface area contributed by atoms with Crippen LogP contribution >= 0.6 is 23.2 Å². The average molecular weight is 289 g/mol. The molecule has 2 N–H and O–H groups in total. The SMILES string of the molecule is CCCC(C)N(C)C(=O)c1cc(N)cc(Cl)c1Cl. The molecule has 0 aliphatic heterocycles. The quantitative estimate of drug-likeness (QED) is 0.856. The third kappa shape index (κ3) is 3.30. The molecule has 100 valence electrons. The minimum Gasteiger partial charge on any atom is -0.399 e. The highest BCUT2D eigenvalue weighted by atomic mass is 35.5. The molecule has 1 unspecified atom stereocenters. The normalized spacial score (nSPS) is 12.3. The van der Waals surface area contributed by atoms with E-state index < -0.39 is 0 Å². The van der Waals surface area contributed by atoms with Gasteiger partial charge in [0.05, 0.1) is 15.6 Å². The Hall–Kier alpha value is -0.930. The summed E-state index contributed by atoms with van der Waals surface area (Å²) in [5, 5.41) is 0.558. The summed E-state index contributed by atoms with van der Waals surface area (Å²) in [5.41, 5.74) is 6.48. The van der Waals surface area contributed by atoms with Crippen LogP contribution in [0, 0.1) is 0 Å². The monoisotopic (exact) mass is 288 g/mol. The summed E-state index contributed by atoms with van der Waals surface area (Å²) in [5.74, 6) is -0.157. The molecule has 1 aromatic carbocycles. The van der Waals surface area contributed by atoms with Gasteiger partial charge in [0, 0.05) is 18.8 Å². The Morgan fingerprint density at radius 2 is 2.06 bits per heavy atom. The molecule has 0 heterocycles. The molecule has 1 amide bonds. The van der Waals surface area contributed by atoms with Crippen LogP contribution < -0.4 is 5.73 Å². The van der Waals surface area contributed by atoms with E-state index >= 15 is 0 Å². The van der Waals surface area contributed by atoms with Crippen molar-refractivity contribution in [2.24, 2.45) is 0 Å². The molecule has 0 aromatic heterocycles. The number of amides is 1. The second kappa shape index (κ2) is 6.30. The van der Waals surface area contributed by atoms with Crippen molar-refractivity contribution < 1.29 is 4.79 Å². The Bertz CT molecular complexity index is 449. The van der Waals surface area contributed by atoms with Crippen molar-refractivity contribution in [3.05, 3.63) is 27.7 Å². The van der Waals surface area contributed by atoms with Crippen molar-refractivity contribution in [2.45, 2.75) is 32.7 Å². The van der Waals surface area contributed by atoms with Crippen molar-refractivity contribution in [2.75, 3.05) is 12.8 Å². The number of carbonyl (C=O) groups is 1. The summed E-state index contributed by atoms with van der Waals surface area (Å²) in [4.78, 5) is 14.0. The van der Waals surface area contributed by atoms with Crippen molar-refractivity contribution >= 4 is 34.8 Å². The van der Waals surface area contributed by atoms with Gasteiger partial charge in [-0.15, -0.1) is 0 Å². The highest BCUT2D eigenvalue weighted by molar-refractivity contribution is 6.44. The minimum atomic E-state index is -0.157. The summed E-state index contributed by atoms with van der Waals surface area (Å²) in [6.45, 7) is 4.09. The van der Waals surface area contributed by atoms with E-state index in [9.17, 15) is 4.79 Å². The fourth-order valence-corrected chi connectivity index (χ4v) is 2.18. The van der Waals surface area contributed by atoms with Gasteiger partial charge >= 0.3 is 0 Å². The Kier molecular flexibility index (Phi) is 5.29. The van der Waals surface area contributed by atoms with E-state index in [0.717, 1.165) is 12.8 Å². The van der Waals surface area contributed by atoms with E-state index in [0.29, 0.717) is 16.3 Å². The predicted octanol–water partition coefficient (Wildman–Crippen LogP) is 3.84. The van der Waals surface area contributed by atoms with E-state index in [1.807, 2.05) is 6.92 Å². The molecule has 1 atom stereocenters. The summed E-state index contributed by atoms with van der Waals surface area (Å²) >= 11 is 12.0. The molecule has 3 nitrogen and oxygen atoms in total. The van der Waals surface area contributed by atoms with Gasteiger partial charge in [0.2, 0.25) is 0 Å². The van der Waals surface area contributed by atoms with Gasteiger partial charge in [-0.05, 0) is 25.5 Å². The van der Waals surface area contributed by atoms with Gasteiger partial charge < -0.3 is 10.6 Å². The zero-order chi connectivity index (χ0) is 13.9. The molecule has 1 aromatic rings. The maximum absolute atomic E-state index is 12.3. The van der Waals surface area contributed by atoms with Gasteiger partial charge in [0.15, 0.2) is 0 Å². The summed E-state index contributed by atoms with van der Waals surface area (Å²) in [6.07, 6.45) is 1.96. The predicted molar refractivity (Wildman–Crippen MR) is 77.3 cm³/mol. The number of halogens is 2. The van der Waals surface area contributed by atoms with Gasteiger partial charge in [-0.2, -0.15) is 0 Å². The molecule has 5 heteroatoms. The molecule has 0 saturated heterocycles. The summed E-state index contributed by atoms with van der Waals surface area (Å²) in [6, 6.07) is 3.25. The third-order valence-corrected chi connectivity index (χ3v) is 3.77. The second-order valence-electron chi connectivity index (χ2n) is 4.42. The topological polar surface area (TPSA) is 46.3 Å². The lowest BCUT2D eigenvalue weighted by molar-refractivity contribution is 0.0737. The average Bonchev–Trinajstić information content (AvgIpc) is 2.32. The van der Waals surface area contributed by atoms with E-state index in [1.165, 1.54) is 6.07 Å². The van der Waals surface area contributed by atoms with Crippen LogP contribution in [0.25, 0.3) is 0 Å². The van der Waals surface area contributed by atoms with Gasteiger partial charge in [-0.1, -0.05) is 36.5 Å². The number of benzene rings is 1. The Morgan fingerprint density at radius 3 is 2.61 bits per heavy atom. The molecule has 0 aliphatic carbocycles. The lowest BCUT2D eigenvalue weighted by atomic mass is 10.1. The van der Waals surface area contributed by atoms with Crippen molar-refractivity contribution in [3.8, 4) is 0 Å². The molecule has 0 bridgehead atoms. The molecule has 0 aliphatic rings. The maximum Gasteiger partial charge on any atom is 0.255 e. The van der Waals surface area contributed by atoms with E-state index in [1.54, 1.807) is 18.0 Å². The van der Waals surface area contributed by atoms with Gasteiger partial charge in [0.25, 0.3) is 5.91 Å². The Labute approximate surface area is 118 Å². The first-order valence-electron chi connectivity index (χ1n) is 5.90. The van der Waals surface area contributed by atoms with Gasteiger partial charge in [0.1, 0.15) is 0 Å². The minimum absolute atomic E-state index is 0.152. The first-order valence-corrected chi connectivity index (χ1v) is 6.65. The first kappa shape index (κ1) is 15.1. The highest BCUT2D eigenvalue weighted by Gasteiger charge is 2.21. The summed E-state index contributed by atoms with van der Waals surface area (Å²) in [7, 11) is 1.76. The van der Waals surface area contributed by atoms with Crippen LogP contribution in [0.2, 0.25) is 10.0 Å². The maximum atomic E-state index is 12.3. The molecule has 1 rings (SSSR count). The number of hydrogen-bond acceptors (Lipinski definition) is 2. The van der Waals surface area contributed by atoms with Crippen LogP contribution in [0.5, 0.6) is 0 Å². The molecule has 0 saturated carbocycles. The number of carbonyl (C=O) groups excluding carboxylic acids is 1. The molecule has 0 radical (unpaired) electrons. The van der Waals surface area contributed by atoms with Crippen molar-refractivity contribution in [3.63, 3.8) is 0 Å². The molecule has 0 fully saturated rings. The van der Waals surface area contributed by atoms with Crippen LogP contribution in [-0.4, -0.2) is 23.9 Å². The fourth-order valence-electron chi connectivity index (χ4n) is 1.77. The van der Waals surface area contributed by atoms with E-state index in [4.69, 9.17) is 28.9 Å². The van der Waals surface area contributed by atoms with E-state index in [-0.39, 0.29) is 17.0 Å². The number of nitrogen functional groups attached to an aromatic ring is 1. The summed E-state index contributed by atoms with van der Waals surface area (Å²) < 4.78 is 0. The van der Waals surface area contributed by atoms with Crippen LogP contribution in [0.4, 0.5) is 5.69 Å². The lowest BCUT2D eigenvalue weighted by Crippen LogP contribution is -2.35. The molecular formula is C13H18Cl2N2O. The van der Waals surface area contributed by atoms with Crippen molar-refractivity contribution in [1.82, 2.24) is 4.90 Å². The van der Waals surface area contributed by atoms with Crippen LogP contribution in [0.15, 0.2) is 12.1 Å². The number of nitrogens with zero attached hydrogens (tertiary/aromatic N) is 1.